The van der Waals surface area contributed by atoms with Crippen LogP contribution < -0.4 is 21.9 Å². The number of rotatable bonds is 4. The molecule has 0 amide bonds. The van der Waals surface area contributed by atoms with Crippen LogP contribution in [0, 0.1) is 0 Å². The molecule has 0 saturated heterocycles. The Bertz CT molecular complexity index is 904. The normalized spacial score (nSPS) is 11.8. The lowest BCUT2D eigenvalue weighted by Crippen LogP contribution is -2.26. The molecule has 6 N–H and O–H groups in total. The molecule has 144 valence electrons. The SMILES string of the molecule is COC(=O)c1sccc1Oc1ccc(C(F)(F)F)cc1N=C(N)N=C(N)N. The number of methoxy groups -OCH3 is 1. The first-order valence-electron chi connectivity index (χ1n) is 7.10. The van der Waals surface area contributed by atoms with Gasteiger partial charge in [-0.1, -0.05) is 0 Å². The average molecular weight is 401 g/mol. The van der Waals surface area contributed by atoms with Crippen molar-refractivity contribution in [2.45, 2.75) is 6.18 Å². The van der Waals surface area contributed by atoms with Gasteiger partial charge in [-0.15, -0.1) is 11.3 Å². The Morgan fingerprint density at radius 3 is 2.44 bits per heavy atom. The summed E-state index contributed by atoms with van der Waals surface area (Å²) in [7, 11) is 1.19. The van der Waals surface area contributed by atoms with Gasteiger partial charge in [-0.05, 0) is 29.6 Å². The second kappa shape index (κ2) is 7.95. The van der Waals surface area contributed by atoms with Crippen LogP contribution >= 0.6 is 11.3 Å². The number of carbonyl (C=O) groups excluding carboxylic acids is 1. The monoisotopic (exact) mass is 401 g/mol. The molecule has 0 unspecified atom stereocenters. The van der Waals surface area contributed by atoms with E-state index in [1.807, 2.05) is 0 Å². The number of nitrogens with zero attached hydrogens (tertiary/aromatic N) is 2. The molecule has 2 rings (SSSR count). The van der Waals surface area contributed by atoms with Gasteiger partial charge in [0.05, 0.1) is 12.7 Å². The molecule has 2 aromatic rings. The number of benzene rings is 1. The molecule has 0 aliphatic rings. The topological polar surface area (TPSA) is 138 Å². The van der Waals surface area contributed by atoms with Crippen molar-refractivity contribution in [2.24, 2.45) is 27.2 Å². The molecule has 1 aromatic carbocycles. The second-order valence-corrected chi connectivity index (χ2v) is 5.81. The summed E-state index contributed by atoms with van der Waals surface area (Å²) in [6.45, 7) is 0. The zero-order chi connectivity index (χ0) is 20.2. The number of guanidine groups is 2. The van der Waals surface area contributed by atoms with Gasteiger partial charge in [0.15, 0.2) is 22.3 Å². The molecule has 0 fully saturated rings. The number of carbonyl (C=O) groups is 1. The van der Waals surface area contributed by atoms with Gasteiger partial charge >= 0.3 is 12.1 Å². The lowest BCUT2D eigenvalue weighted by atomic mass is 10.2. The molecule has 0 aliphatic carbocycles. The van der Waals surface area contributed by atoms with Crippen LogP contribution in [0.2, 0.25) is 0 Å². The minimum absolute atomic E-state index is 0.0865. The van der Waals surface area contributed by atoms with Gasteiger partial charge in [0.1, 0.15) is 5.69 Å². The first-order chi connectivity index (χ1) is 12.6. The number of halogens is 3. The van der Waals surface area contributed by atoms with Crippen LogP contribution in [0.1, 0.15) is 15.2 Å². The summed E-state index contributed by atoms with van der Waals surface area (Å²) >= 11 is 1.04. The van der Waals surface area contributed by atoms with Gasteiger partial charge in [-0.2, -0.15) is 18.2 Å². The number of hydrogen-bond acceptors (Lipinski definition) is 5. The quantitative estimate of drug-likeness (QED) is 0.409. The molecule has 1 aromatic heterocycles. The smallest absolute Gasteiger partial charge is 0.416 e. The van der Waals surface area contributed by atoms with E-state index in [4.69, 9.17) is 21.9 Å². The molecular weight excluding hydrogens is 387 g/mol. The van der Waals surface area contributed by atoms with Gasteiger partial charge in [-0.25, -0.2) is 9.79 Å². The maximum absolute atomic E-state index is 13.0. The van der Waals surface area contributed by atoms with Gasteiger partial charge in [0.2, 0.25) is 5.96 Å². The van der Waals surface area contributed by atoms with Crippen LogP contribution in [0.3, 0.4) is 0 Å². The fraction of sp³-hybridized carbons (Fsp3) is 0.133. The van der Waals surface area contributed by atoms with Gasteiger partial charge in [-0.3, -0.25) is 0 Å². The number of ether oxygens (including phenoxy) is 2. The highest BCUT2D eigenvalue weighted by Crippen LogP contribution is 2.39. The Kier molecular flexibility index (Phi) is 5.90. The van der Waals surface area contributed by atoms with Crippen LogP contribution in [0.5, 0.6) is 11.5 Å². The molecule has 0 saturated carbocycles. The number of hydrogen-bond donors (Lipinski definition) is 3. The number of thiophene rings is 1. The number of alkyl halides is 3. The van der Waals surface area contributed by atoms with Gasteiger partial charge in [0, 0.05) is 0 Å². The highest BCUT2D eigenvalue weighted by molar-refractivity contribution is 7.12. The Labute approximate surface area is 155 Å². The summed E-state index contributed by atoms with van der Waals surface area (Å²) in [5.41, 5.74) is 14.6. The van der Waals surface area contributed by atoms with Crippen LogP contribution in [0.25, 0.3) is 0 Å². The zero-order valence-corrected chi connectivity index (χ0v) is 14.6. The number of aliphatic imine (C=N–C) groups is 2. The van der Waals surface area contributed by atoms with E-state index in [0.29, 0.717) is 6.07 Å². The van der Waals surface area contributed by atoms with Crippen molar-refractivity contribution in [3.8, 4) is 11.5 Å². The first-order valence-corrected chi connectivity index (χ1v) is 7.98. The molecular formula is C15H14F3N5O3S. The molecule has 27 heavy (non-hydrogen) atoms. The third-order valence-corrected chi connectivity index (χ3v) is 3.86. The highest BCUT2D eigenvalue weighted by Gasteiger charge is 2.31. The Balaban J connectivity index is 2.51. The first kappa shape index (κ1) is 20.0. The summed E-state index contributed by atoms with van der Waals surface area (Å²) < 4.78 is 49.1. The van der Waals surface area contributed by atoms with Crippen molar-refractivity contribution in [1.29, 1.82) is 0 Å². The van der Waals surface area contributed by atoms with Crippen molar-refractivity contribution in [2.75, 3.05) is 7.11 Å². The summed E-state index contributed by atoms with van der Waals surface area (Å²) in [5.74, 6) is -1.56. The van der Waals surface area contributed by atoms with E-state index in [1.165, 1.54) is 13.2 Å². The van der Waals surface area contributed by atoms with Crippen molar-refractivity contribution in [3.63, 3.8) is 0 Å². The summed E-state index contributed by atoms with van der Waals surface area (Å²) in [6, 6.07) is 4.02. The largest absolute Gasteiger partial charge is 0.465 e. The van der Waals surface area contributed by atoms with Gasteiger partial charge < -0.3 is 26.7 Å². The van der Waals surface area contributed by atoms with Crippen LogP contribution in [0.15, 0.2) is 39.6 Å². The summed E-state index contributed by atoms with van der Waals surface area (Å²) in [5, 5.41) is 1.56. The van der Waals surface area contributed by atoms with E-state index in [-0.39, 0.29) is 22.1 Å². The molecule has 0 spiro atoms. The molecule has 8 nitrogen and oxygen atoms in total. The van der Waals surface area contributed by atoms with Gasteiger partial charge in [0.25, 0.3) is 0 Å². The Morgan fingerprint density at radius 1 is 1.15 bits per heavy atom. The Hall–Kier alpha value is -3.28. The van der Waals surface area contributed by atoms with Crippen LogP contribution in [0.4, 0.5) is 18.9 Å². The fourth-order valence-corrected chi connectivity index (χ4v) is 2.62. The summed E-state index contributed by atoms with van der Waals surface area (Å²) in [4.78, 5) is 19.1. The molecule has 0 radical (unpaired) electrons. The van der Waals surface area contributed by atoms with Crippen molar-refractivity contribution in [1.82, 2.24) is 0 Å². The van der Waals surface area contributed by atoms with Crippen LogP contribution in [-0.4, -0.2) is 25.0 Å². The van der Waals surface area contributed by atoms with E-state index in [9.17, 15) is 18.0 Å². The third-order valence-electron chi connectivity index (χ3n) is 2.98. The van der Waals surface area contributed by atoms with E-state index in [1.54, 1.807) is 5.38 Å². The minimum atomic E-state index is -4.62. The number of nitrogens with two attached hydrogens (primary N) is 3. The Morgan fingerprint density at radius 2 is 1.85 bits per heavy atom. The molecule has 0 aliphatic heterocycles. The van der Waals surface area contributed by atoms with E-state index < -0.39 is 29.6 Å². The van der Waals surface area contributed by atoms with E-state index >= 15 is 0 Å². The molecule has 0 bridgehead atoms. The molecule has 0 atom stereocenters. The van der Waals surface area contributed by atoms with Crippen molar-refractivity contribution >= 4 is 34.9 Å². The second-order valence-electron chi connectivity index (χ2n) is 4.89. The molecule has 12 heteroatoms. The number of esters is 1. The lowest BCUT2D eigenvalue weighted by Gasteiger charge is -2.12. The van der Waals surface area contributed by atoms with Crippen LogP contribution in [-0.2, 0) is 10.9 Å². The maximum atomic E-state index is 13.0. The van der Waals surface area contributed by atoms with E-state index in [2.05, 4.69) is 14.7 Å². The average Bonchev–Trinajstić information content (AvgIpc) is 3.02. The molecule has 1 heterocycles. The van der Waals surface area contributed by atoms with Crippen molar-refractivity contribution in [3.05, 3.63) is 40.1 Å². The maximum Gasteiger partial charge on any atom is 0.416 e. The third kappa shape index (κ3) is 5.10. The highest BCUT2D eigenvalue weighted by atomic mass is 32.1. The van der Waals surface area contributed by atoms with Crippen molar-refractivity contribution < 1.29 is 27.4 Å². The zero-order valence-electron chi connectivity index (χ0n) is 13.8. The minimum Gasteiger partial charge on any atom is -0.465 e. The van der Waals surface area contributed by atoms with E-state index in [0.717, 1.165) is 23.5 Å². The predicted molar refractivity (Wildman–Crippen MR) is 94.3 cm³/mol. The predicted octanol–water partition coefficient (Wildman–Crippen LogP) is 2.57. The lowest BCUT2D eigenvalue weighted by molar-refractivity contribution is -0.137. The standard InChI is InChI=1S/C15H14F3N5O3S/c1-25-12(24)11-10(4-5-27-11)26-9-3-2-7(15(16,17)18)6-8(9)22-14(21)23-13(19)20/h2-6H,1H3,(H6,19,20,21,22,23). The summed E-state index contributed by atoms with van der Waals surface area (Å²) in [6.07, 6.45) is -4.62. The fourth-order valence-electron chi connectivity index (χ4n) is 1.89.